The highest BCUT2D eigenvalue weighted by atomic mass is 16.4. The van der Waals surface area contributed by atoms with E-state index in [1.165, 1.54) is 25.7 Å². The predicted molar refractivity (Wildman–Crippen MR) is 107 cm³/mol. The third-order valence-corrected chi connectivity index (χ3v) is 7.70. The van der Waals surface area contributed by atoms with Crippen molar-refractivity contribution in [2.75, 3.05) is 0 Å². The van der Waals surface area contributed by atoms with Crippen molar-refractivity contribution in [3.05, 3.63) is 0 Å². The molecule has 152 valence electrons. The highest BCUT2D eigenvalue weighted by molar-refractivity contribution is 5.66. The van der Waals surface area contributed by atoms with Crippen LogP contribution < -0.4 is 0 Å². The molecule has 3 heteroatoms. The first-order valence-electron chi connectivity index (χ1n) is 11.3. The topological polar surface area (TPSA) is 57.5 Å². The molecule has 0 radical (unpaired) electrons. The lowest BCUT2D eigenvalue weighted by Crippen LogP contribution is -2.50. The van der Waals surface area contributed by atoms with Gasteiger partial charge in [-0.2, -0.15) is 0 Å². The fourth-order valence-electron chi connectivity index (χ4n) is 6.58. The second kappa shape index (κ2) is 10.1. The number of rotatable bonds is 9. The Hall–Kier alpha value is -0.570. The summed E-state index contributed by atoms with van der Waals surface area (Å²) in [5.74, 6) is 3.93. The summed E-state index contributed by atoms with van der Waals surface area (Å²) in [6.07, 6.45) is 10.3. The lowest BCUT2D eigenvalue weighted by Gasteiger charge is -2.54. The van der Waals surface area contributed by atoms with Crippen molar-refractivity contribution in [1.82, 2.24) is 0 Å². The van der Waals surface area contributed by atoms with Crippen LogP contribution in [-0.4, -0.2) is 22.3 Å². The Kier molecular flexibility index (Phi) is 8.44. The zero-order valence-electron chi connectivity index (χ0n) is 17.5. The van der Waals surface area contributed by atoms with Gasteiger partial charge < -0.3 is 10.2 Å². The summed E-state index contributed by atoms with van der Waals surface area (Å²) in [6.45, 7) is 9.54. The zero-order valence-corrected chi connectivity index (χ0v) is 17.5. The number of carboxylic acid groups (broad SMARTS) is 1. The summed E-state index contributed by atoms with van der Waals surface area (Å²) in [6, 6.07) is 0. The Balaban J connectivity index is 2.15. The van der Waals surface area contributed by atoms with Crippen LogP contribution in [0.5, 0.6) is 0 Å². The van der Waals surface area contributed by atoms with Crippen LogP contribution in [0.4, 0.5) is 0 Å². The normalized spacial score (nSPS) is 38.6. The molecule has 2 fully saturated rings. The molecular weight excluding hydrogens is 324 g/mol. The maximum Gasteiger partial charge on any atom is 0.303 e. The second-order valence-corrected chi connectivity index (χ2v) is 9.58. The third-order valence-electron chi connectivity index (χ3n) is 7.70. The number of fused-ring (bicyclic) bond motifs is 1. The molecule has 2 unspecified atom stereocenters. The average Bonchev–Trinajstić information content (AvgIpc) is 2.59. The monoisotopic (exact) mass is 366 g/mol. The standard InChI is InChI=1S/C23H42O3/c1-5-6-9-15(2)22-17(4)14-19-20(24)13-12-16(3)23(19)18(22)10-7-8-11-21(25)26/h15-20,22-24H,5-14H2,1-4H3,(H,25,26)/t15?,16-,17-,18+,19?,20-,22+,23-/m0/s1. The fraction of sp³-hybridized carbons (Fsp3) is 0.957. The quantitative estimate of drug-likeness (QED) is 0.511. The Morgan fingerprint density at radius 2 is 1.85 bits per heavy atom. The van der Waals surface area contributed by atoms with Crippen molar-refractivity contribution < 1.29 is 15.0 Å². The number of hydrogen-bond donors (Lipinski definition) is 2. The van der Waals surface area contributed by atoms with Crippen molar-refractivity contribution in [2.24, 2.45) is 41.4 Å². The number of aliphatic hydroxyl groups excluding tert-OH is 1. The van der Waals surface area contributed by atoms with Crippen LogP contribution in [0.3, 0.4) is 0 Å². The van der Waals surface area contributed by atoms with Gasteiger partial charge in [0.15, 0.2) is 0 Å². The van der Waals surface area contributed by atoms with Gasteiger partial charge in [-0.3, -0.25) is 4.79 Å². The molecule has 26 heavy (non-hydrogen) atoms. The number of hydrogen-bond acceptors (Lipinski definition) is 2. The number of carboxylic acids is 1. The average molecular weight is 367 g/mol. The minimum atomic E-state index is -0.672. The molecule has 0 aromatic heterocycles. The summed E-state index contributed by atoms with van der Waals surface area (Å²) < 4.78 is 0. The van der Waals surface area contributed by atoms with Gasteiger partial charge in [0, 0.05) is 6.42 Å². The minimum Gasteiger partial charge on any atom is -0.481 e. The molecule has 0 amide bonds. The smallest absolute Gasteiger partial charge is 0.303 e. The van der Waals surface area contributed by atoms with Gasteiger partial charge in [0.25, 0.3) is 0 Å². The molecule has 0 aromatic rings. The molecular formula is C23H42O3. The first-order chi connectivity index (χ1) is 12.4. The Morgan fingerprint density at radius 3 is 2.50 bits per heavy atom. The van der Waals surface area contributed by atoms with Crippen molar-refractivity contribution in [2.45, 2.75) is 98.0 Å². The van der Waals surface area contributed by atoms with Gasteiger partial charge >= 0.3 is 5.97 Å². The van der Waals surface area contributed by atoms with Crippen molar-refractivity contribution in [3.63, 3.8) is 0 Å². The second-order valence-electron chi connectivity index (χ2n) is 9.58. The van der Waals surface area contributed by atoms with Crippen LogP contribution in [0.25, 0.3) is 0 Å². The molecule has 0 heterocycles. The lowest BCUT2D eigenvalue weighted by atomic mass is 9.51. The van der Waals surface area contributed by atoms with E-state index in [0.717, 1.165) is 43.9 Å². The molecule has 0 aliphatic heterocycles. The number of unbranched alkanes of at least 4 members (excludes halogenated alkanes) is 2. The van der Waals surface area contributed by atoms with Crippen molar-refractivity contribution in [1.29, 1.82) is 0 Å². The van der Waals surface area contributed by atoms with E-state index in [9.17, 15) is 9.90 Å². The molecule has 2 aliphatic rings. The van der Waals surface area contributed by atoms with E-state index in [-0.39, 0.29) is 6.10 Å². The first-order valence-corrected chi connectivity index (χ1v) is 11.3. The van der Waals surface area contributed by atoms with Crippen LogP contribution >= 0.6 is 0 Å². The van der Waals surface area contributed by atoms with Gasteiger partial charge in [0.1, 0.15) is 0 Å². The Bertz CT molecular complexity index is 435. The van der Waals surface area contributed by atoms with Gasteiger partial charge in [-0.15, -0.1) is 0 Å². The molecule has 0 bridgehead atoms. The molecule has 3 nitrogen and oxygen atoms in total. The molecule has 0 spiro atoms. The van der Waals surface area contributed by atoms with E-state index in [1.807, 2.05) is 0 Å². The van der Waals surface area contributed by atoms with E-state index >= 15 is 0 Å². The predicted octanol–water partition coefficient (Wildman–Crippen LogP) is 5.75. The maximum absolute atomic E-state index is 10.9. The summed E-state index contributed by atoms with van der Waals surface area (Å²) in [5, 5.41) is 19.7. The van der Waals surface area contributed by atoms with E-state index in [1.54, 1.807) is 0 Å². The molecule has 2 rings (SSSR count). The van der Waals surface area contributed by atoms with E-state index in [2.05, 4.69) is 27.7 Å². The number of aliphatic carboxylic acids is 1. The van der Waals surface area contributed by atoms with Crippen LogP contribution in [0.2, 0.25) is 0 Å². The molecule has 2 saturated carbocycles. The van der Waals surface area contributed by atoms with Gasteiger partial charge in [0.05, 0.1) is 6.10 Å². The van der Waals surface area contributed by atoms with Gasteiger partial charge in [-0.1, -0.05) is 53.4 Å². The zero-order chi connectivity index (χ0) is 19.3. The van der Waals surface area contributed by atoms with Crippen LogP contribution in [-0.2, 0) is 4.79 Å². The van der Waals surface area contributed by atoms with Crippen LogP contribution in [0, 0.1) is 41.4 Å². The van der Waals surface area contributed by atoms with Crippen LogP contribution in [0.1, 0.15) is 91.9 Å². The minimum absolute atomic E-state index is 0.118. The van der Waals surface area contributed by atoms with E-state index < -0.39 is 5.97 Å². The van der Waals surface area contributed by atoms with E-state index in [4.69, 9.17) is 5.11 Å². The van der Waals surface area contributed by atoms with E-state index in [0.29, 0.717) is 36.0 Å². The van der Waals surface area contributed by atoms with Crippen molar-refractivity contribution >= 4 is 5.97 Å². The summed E-state index contributed by atoms with van der Waals surface area (Å²) >= 11 is 0. The lowest BCUT2D eigenvalue weighted by molar-refractivity contribution is -0.137. The maximum atomic E-state index is 10.9. The largest absolute Gasteiger partial charge is 0.481 e. The summed E-state index contributed by atoms with van der Waals surface area (Å²) in [7, 11) is 0. The van der Waals surface area contributed by atoms with Gasteiger partial charge in [-0.05, 0) is 73.5 Å². The summed E-state index contributed by atoms with van der Waals surface area (Å²) in [4.78, 5) is 10.9. The highest BCUT2D eigenvalue weighted by Crippen LogP contribution is 2.54. The van der Waals surface area contributed by atoms with Gasteiger partial charge in [-0.25, -0.2) is 0 Å². The van der Waals surface area contributed by atoms with Crippen molar-refractivity contribution in [3.8, 4) is 0 Å². The molecule has 2 N–H and O–H groups in total. The molecule has 2 aliphatic carbocycles. The van der Waals surface area contributed by atoms with Crippen LogP contribution in [0.15, 0.2) is 0 Å². The number of aliphatic hydroxyl groups is 1. The third kappa shape index (κ3) is 5.24. The highest BCUT2D eigenvalue weighted by Gasteiger charge is 2.49. The summed E-state index contributed by atoms with van der Waals surface area (Å²) in [5.41, 5.74) is 0. The SMILES string of the molecule is CCCCC(C)[C@H]1[C@@H](CCCCC(=O)O)[C@H]2C(C[C@@H]1C)[C@@H](O)CC[C@@H]2C. The van der Waals surface area contributed by atoms with Gasteiger partial charge in [0.2, 0.25) is 0 Å². The Labute approximate surface area is 161 Å². The molecule has 8 atom stereocenters. The fourth-order valence-corrected chi connectivity index (χ4v) is 6.58. The number of carbonyl (C=O) groups is 1. The Morgan fingerprint density at radius 1 is 1.12 bits per heavy atom. The molecule has 0 aromatic carbocycles. The first kappa shape index (κ1) is 21.7. The molecule has 0 saturated heterocycles.